The van der Waals surface area contributed by atoms with Gasteiger partial charge in [-0.25, -0.2) is 0 Å². The topological polar surface area (TPSA) is 218 Å². The summed E-state index contributed by atoms with van der Waals surface area (Å²) in [6.45, 7) is 2.95. The van der Waals surface area contributed by atoms with Gasteiger partial charge in [0.25, 0.3) is 10.9 Å². The molecule has 14 heteroatoms. The van der Waals surface area contributed by atoms with Crippen molar-refractivity contribution in [1.82, 2.24) is 0 Å². The highest BCUT2D eigenvalue weighted by atomic mass is 16.7. The normalized spacial score (nSPS) is 23.8. The fraction of sp³-hybridized carbons (Fsp3) is 0.295. The number of methoxy groups -OCH3 is 1. The second kappa shape index (κ2) is 14.6. The maximum atomic E-state index is 14.0. The van der Waals surface area contributed by atoms with E-state index < -0.39 is 99.9 Å². The molecule has 1 heterocycles. The number of carbonyl (C=O) groups excluding carboxylic acids is 3. The minimum atomic E-state index is -2.12. The first-order valence-electron chi connectivity index (χ1n) is 18.8. The quantitative estimate of drug-likeness (QED) is 0.0853. The minimum Gasteiger partial charge on any atom is -0.507 e. The van der Waals surface area contributed by atoms with Gasteiger partial charge in [-0.3, -0.25) is 24.0 Å². The number of hydrogen-bond donors (Lipinski definition) is 6. The summed E-state index contributed by atoms with van der Waals surface area (Å²) < 4.78 is 17.7. The lowest BCUT2D eigenvalue weighted by molar-refractivity contribution is -0.245. The lowest BCUT2D eigenvalue weighted by atomic mass is 9.72. The van der Waals surface area contributed by atoms with E-state index >= 15 is 0 Å². The highest BCUT2D eigenvalue weighted by molar-refractivity contribution is 6.31. The molecule has 5 aromatic rings. The molecular formula is C44H40N2O12. The summed E-state index contributed by atoms with van der Waals surface area (Å²) >= 11 is 0. The molecule has 0 unspecified atom stereocenters. The van der Waals surface area contributed by atoms with Crippen molar-refractivity contribution >= 4 is 28.7 Å². The highest BCUT2D eigenvalue weighted by Gasteiger charge is 2.49. The predicted molar refractivity (Wildman–Crippen MR) is 210 cm³/mol. The third-order valence-corrected chi connectivity index (χ3v) is 11.5. The Morgan fingerprint density at radius 2 is 1.53 bits per heavy atom. The van der Waals surface area contributed by atoms with E-state index in [1.165, 1.54) is 25.3 Å². The molecule has 8 rings (SSSR count). The zero-order valence-electron chi connectivity index (χ0n) is 31.7. The first-order valence-corrected chi connectivity index (χ1v) is 18.8. The van der Waals surface area contributed by atoms with Crippen LogP contribution < -0.4 is 26.2 Å². The summed E-state index contributed by atoms with van der Waals surface area (Å²) in [7, 11) is 1.32. The Kier molecular flexibility index (Phi) is 9.76. The molecule has 0 radical (unpaired) electrons. The van der Waals surface area contributed by atoms with E-state index in [0.29, 0.717) is 0 Å². The molecule has 1 fully saturated rings. The Bertz CT molecular complexity index is 2560. The summed E-state index contributed by atoms with van der Waals surface area (Å²) in [5, 5.41) is 52.3. The smallest absolute Gasteiger partial charge is 0.253 e. The van der Waals surface area contributed by atoms with Gasteiger partial charge >= 0.3 is 0 Å². The number of Topliss-reactive ketones (excluding diaryl/α,β-unsaturated/α-hetero) is 1. The molecule has 1 saturated heterocycles. The average molecular weight is 789 g/mol. The van der Waals surface area contributed by atoms with Crippen LogP contribution in [0.5, 0.6) is 17.2 Å². The van der Waals surface area contributed by atoms with Crippen molar-refractivity contribution in [2.24, 2.45) is 0 Å². The van der Waals surface area contributed by atoms with Crippen molar-refractivity contribution in [2.45, 2.75) is 75.9 Å². The van der Waals surface area contributed by atoms with Crippen molar-refractivity contribution in [3.63, 3.8) is 0 Å². The fourth-order valence-electron chi connectivity index (χ4n) is 8.29. The molecule has 2 aliphatic carbocycles. The fourth-order valence-corrected chi connectivity index (χ4v) is 8.29. The molecule has 0 spiro atoms. The number of aliphatic hydroxyl groups is 2. The summed E-state index contributed by atoms with van der Waals surface area (Å²) in [5.41, 5.74) is -2.08. The van der Waals surface area contributed by atoms with Crippen molar-refractivity contribution in [3.05, 3.63) is 132 Å². The first-order chi connectivity index (χ1) is 27.7. The number of aliphatic hydroxyl groups excluding tert-OH is 1. The number of rotatable bonds is 10. The molecule has 0 saturated carbocycles. The summed E-state index contributed by atoms with van der Waals surface area (Å²) in [4.78, 5) is 66.2. The summed E-state index contributed by atoms with van der Waals surface area (Å²) in [6, 6.07) is 21.0. The number of ether oxygens (including phenoxy) is 3. The van der Waals surface area contributed by atoms with Gasteiger partial charge in [0.15, 0.2) is 17.9 Å². The Balaban J connectivity index is 1.06. The molecule has 5 aromatic carbocycles. The van der Waals surface area contributed by atoms with E-state index in [-0.39, 0.29) is 52.3 Å². The van der Waals surface area contributed by atoms with Gasteiger partial charge in [-0.1, -0.05) is 66.7 Å². The second-order valence-corrected chi connectivity index (χ2v) is 15.0. The van der Waals surface area contributed by atoms with Crippen LogP contribution in [0.4, 0.5) is 11.4 Å². The number of fused-ring (bicyclic) bond motifs is 3. The predicted octanol–water partition coefficient (Wildman–Crippen LogP) is 4.06. The van der Waals surface area contributed by atoms with E-state index in [1.54, 1.807) is 6.92 Å². The number of aromatic hydroxyl groups is 2. The Morgan fingerprint density at radius 1 is 0.862 bits per heavy atom. The molecule has 3 aliphatic rings. The molecule has 58 heavy (non-hydrogen) atoms. The van der Waals surface area contributed by atoms with Crippen LogP contribution in [0.2, 0.25) is 0 Å². The molecule has 0 aromatic heterocycles. The van der Waals surface area contributed by atoms with E-state index in [9.17, 15) is 44.4 Å². The van der Waals surface area contributed by atoms with Crippen molar-refractivity contribution in [3.8, 4) is 28.4 Å². The Hall–Kier alpha value is -6.19. The van der Waals surface area contributed by atoms with Gasteiger partial charge in [0.05, 0.1) is 42.0 Å². The maximum absolute atomic E-state index is 14.0. The van der Waals surface area contributed by atoms with Gasteiger partial charge in [-0.2, -0.15) is 0 Å². The minimum absolute atomic E-state index is 0.0233. The van der Waals surface area contributed by atoms with Gasteiger partial charge < -0.3 is 45.3 Å². The lowest BCUT2D eigenvalue weighted by Crippen LogP contribution is -2.53. The van der Waals surface area contributed by atoms with Crippen LogP contribution in [0.3, 0.4) is 0 Å². The molecule has 6 atom stereocenters. The van der Waals surface area contributed by atoms with E-state index in [2.05, 4.69) is 10.6 Å². The van der Waals surface area contributed by atoms with Crippen LogP contribution in [0.15, 0.2) is 82.4 Å². The number of ketones is 3. The Labute approximate surface area is 331 Å². The van der Waals surface area contributed by atoms with Crippen LogP contribution in [0.25, 0.3) is 11.1 Å². The zero-order chi connectivity index (χ0) is 41.2. The number of carbonyl (C=O) groups is 3. The monoisotopic (exact) mass is 788 g/mol. The zero-order valence-corrected chi connectivity index (χ0v) is 31.7. The molecule has 0 bridgehead atoms. The van der Waals surface area contributed by atoms with Crippen LogP contribution in [-0.4, -0.2) is 75.0 Å². The van der Waals surface area contributed by atoms with Crippen LogP contribution in [-0.2, 0) is 27.2 Å². The lowest BCUT2D eigenvalue weighted by Gasteiger charge is -2.43. The van der Waals surface area contributed by atoms with E-state index in [1.807, 2.05) is 54.6 Å². The number of phenolic OH excluding ortho intramolecular Hbond substituents is 2. The van der Waals surface area contributed by atoms with Gasteiger partial charge in [-0.05, 0) is 36.6 Å². The number of hydrogen-bond acceptors (Lipinski definition) is 14. The van der Waals surface area contributed by atoms with E-state index in [0.717, 1.165) is 23.6 Å². The largest absolute Gasteiger partial charge is 0.507 e. The molecule has 6 N–H and O–H groups in total. The molecular weight excluding hydrogens is 748 g/mol. The number of nitrogens with one attached hydrogen (secondary N) is 2. The van der Waals surface area contributed by atoms with Gasteiger partial charge in [0.1, 0.15) is 40.3 Å². The number of benzene rings is 4. The van der Waals surface area contributed by atoms with Crippen LogP contribution >= 0.6 is 0 Å². The standard InChI is InChI=1S/C44H40N2O12/c1-20-37(48)27(46-36-35(42(53)43(36)54)45-19-22-12-14-24(15-13-22)23-8-5-4-6-9-23)16-30(57-20)58-29-18-44(55,21(2)47)17-26-32(29)41(52)34-33(39(26)50)38(49)25-10-7-11-28(56-3)31(25)40(34)51/h4-15,20,27,29-30,37,45-46,48,50,52,55H,16-19H2,1-3H3/t20-,27-,29-,30-,37+,44-/m0/s1. The van der Waals surface area contributed by atoms with Gasteiger partial charge in [-0.15, -0.1) is 0 Å². The summed E-state index contributed by atoms with van der Waals surface area (Å²) in [6.07, 6.45) is -5.78. The van der Waals surface area contributed by atoms with Crippen molar-refractivity contribution < 1.29 is 49.0 Å². The molecule has 0 amide bonds. The number of phenols is 2. The highest BCUT2D eigenvalue weighted by Crippen LogP contribution is 2.52. The van der Waals surface area contributed by atoms with Gasteiger partial charge in [0.2, 0.25) is 5.78 Å². The van der Waals surface area contributed by atoms with E-state index in [4.69, 9.17) is 14.2 Å². The third kappa shape index (κ3) is 6.34. The maximum Gasteiger partial charge on any atom is 0.253 e. The second-order valence-electron chi connectivity index (χ2n) is 15.0. The third-order valence-electron chi connectivity index (χ3n) is 11.5. The van der Waals surface area contributed by atoms with Crippen molar-refractivity contribution in [2.75, 3.05) is 17.7 Å². The first kappa shape index (κ1) is 38.7. The molecule has 14 nitrogen and oxygen atoms in total. The van der Waals surface area contributed by atoms with Gasteiger partial charge in [0, 0.05) is 42.5 Å². The number of anilines is 2. The summed E-state index contributed by atoms with van der Waals surface area (Å²) in [5.74, 6) is -3.53. The molecule has 1 aliphatic heterocycles. The van der Waals surface area contributed by atoms with Crippen molar-refractivity contribution in [1.29, 1.82) is 0 Å². The molecule has 298 valence electrons. The average Bonchev–Trinajstić information content (AvgIpc) is 3.22. The van der Waals surface area contributed by atoms with Crippen LogP contribution in [0.1, 0.15) is 81.3 Å². The Morgan fingerprint density at radius 3 is 2.22 bits per heavy atom. The SMILES string of the molecule is COc1cccc2c1C(=O)c1c(O)c3c(c(O)c1C2=O)C[C@@](O)(C(C)=O)C[C@@H]3O[C@H]1C[C@H](Nc2c(NCc3ccc(-c4ccccc4)cc3)c(=O)c2=O)[C@H](O)[C@H](C)O1. The van der Waals surface area contributed by atoms with Crippen LogP contribution in [0, 0.1) is 0 Å².